The molecule has 1 unspecified atom stereocenters. The van der Waals surface area contributed by atoms with Gasteiger partial charge in [0.05, 0.1) is 0 Å². The van der Waals surface area contributed by atoms with Gasteiger partial charge in [-0.25, -0.2) is 4.98 Å². The number of amides is 1. The second-order valence-corrected chi connectivity index (χ2v) is 5.17. The van der Waals surface area contributed by atoms with Gasteiger partial charge >= 0.3 is 0 Å². The highest BCUT2D eigenvalue weighted by Gasteiger charge is 2.19. The summed E-state index contributed by atoms with van der Waals surface area (Å²) in [4.78, 5) is 18.5. The predicted molar refractivity (Wildman–Crippen MR) is 82.6 cm³/mol. The van der Waals surface area contributed by atoms with Gasteiger partial charge in [-0.15, -0.1) is 0 Å². The van der Waals surface area contributed by atoms with Crippen molar-refractivity contribution >= 4 is 22.5 Å². The quantitative estimate of drug-likeness (QED) is 0.929. The number of fused-ring (bicyclic) bond motifs is 1. The summed E-state index contributed by atoms with van der Waals surface area (Å²) >= 11 is 0. The molecule has 2 rings (SSSR count). The minimum Gasteiger partial charge on any atom is -0.383 e. The fraction of sp³-hybridized carbons (Fsp3) is 0.375. The second-order valence-electron chi connectivity index (χ2n) is 5.17. The molecule has 1 amide bonds. The Morgan fingerprint density at radius 1 is 1.40 bits per heavy atom. The summed E-state index contributed by atoms with van der Waals surface area (Å²) in [6, 6.07) is 9.71. The monoisotopic (exact) mass is 271 g/mol. The van der Waals surface area contributed by atoms with E-state index in [4.69, 9.17) is 5.73 Å². The van der Waals surface area contributed by atoms with E-state index in [0.717, 1.165) is 23.6 Å². The summed E-state index contributed by atoms with van der Waals surface area (Å²) in [5, 5.41) is 1.83. The van der Waals surface area contributed by atoms with Gasteiger partial charge in [0.25, 0.3) is 5.91 Å². The molecule has 2 N–H and O–H groups in total. The number of aromatic nitrogens is 1. The van der Waals surface area contributed by atoms with Gasteiger partial charge in [-0.1, -0.05) is 37.6 Å². The molecule has 1 heterocycles. The van der Waals surface area contributed by atoms with Gasteiger partial charge < -0.3 is 10.6 Å². The molecule has 20 heavy (non-hydrogen) atoms. The third-order valence-corrected chi connectivity index (χ3v) is 3.68. The summed E-state index contributed by atoms with van der Waals surface area (Å²) in [6.45, 7) is 4.16. The summed E-state index contributed by atoms with van der Waals surface area (Å²) < 4.78 is 0. The Bertz CT molecular complexity index is 624. The average Bonchev–Trinajstić information content (AvgIpc) is 2.46. The van der Waals surface area contributed by atoms with E-state index in [-0.39, 0.29) is 11.9 Å². The number of carbonyl (C=O) groups is 1. The standard InChI is InChI=1S/C16H21N3O/c1-4-7-11(2)19(3)16(20)14-10-12-8-5-6-9-13(12)15(17)18-14/h5-6,8-11H,4,7H2,1-3H3,(H2,17,18). The van der Waals surface area contributed by atoms with Crippen molar-refractivity contribution in [3.63, 3.8) is 0 Å². The zero-order valence-electron chi connectivity index (χ0n) is 12.3. The minimum absolute atomic E-state index is 0.0802. The van der Waals surface area contributed by atoms with Gasteiger partial charge in [0.15, 0.2) is 0 Å². The highest BCUT2D eigenvalue weighted by Crippen LogP contribution is 2.21. The first-order valence-corrected chi connectivity index (χ1v) is 6.97. The number of benzene rings is 1. The molecule has 1 aromatic heterocycles. The summed E-state index contributed by atoms with van der Waals surface area (Å²) in [7, 11) is 1.82. The normalized spacial score (nSPS) is 12.3. The van der Waals surface area contributed by atoms with E-state index in [1.165, 1.54) is 0 Å². The Morgan fingerprint density at radius 2 is 2.10 bits per heavy atom. The molecule has 0 aliphatic heterocycles. The lowest BCUT2D eigenvalue weighted by molar-refractivity contribution is 0.0731. The van der Waals surface area contributed by atoms with E-state index in [2.05, 4.69) is 11.9 Å². The van der Waals surface area contributed by atoms with Crippen molar-refractivity contribution in [2.24, 2.45) is 0 Å². The lowest BCUT2D eigenvalue weighted by Gasteiger charge is -2.24. The summed E-state index contributed by atoms with van der Waals surface area (Å²) in [5.41, 5.74) is 6.36. The zero-order chi connectivity index (χ0) is 14.7. The molecule has 0 radical (unpaired) electrons. The van der Waals surface area contributed by atoms with Crippen LogP contribution in [0.3, 0.4) is 0 Å². The molecule has 1 aromatic carbocycles. The molecule has 0 bridgehead atoms. The number of nitrogen functional groups attached to an aromatic ring is 1. The Kier molecular flexibility index (Phi) is 4.23. The van der Waals surface area contributed by atoms with Crippen molar-refractivity contribution in [1.82, 2.24) is 9.88 Å². The molecular formula is C16H21N3O. The van der Waals surface area contributed by atoms with Crippen molar-refractivity contribution in [3.05, 3.63) is 36.0 Å². The Morgan fingerprint density at radius 3 is 2.80 bits per heavy atom. The van der Waals surface area contributed by atoms with Crippen molar-refractivity contribution in [2.75, 3.05) is 12.8 Å². The maximum atomic E-state index is 12.5. The summed E-state index contributed by atoms with van der Waals surface area (Å²) in [6.07, 6.45) is 2.03. The number of nitrogens with two attached hydrogens (primary N) is 1. The van der Waals surface area contributed by atoms with Gasteiger partial charge in [-0.05, 0) is 24.8 Å². The zero-order valence-corrected chi connectivity index (χ0v) is 12.3. The number of carbonyl (C=O) groups excluding carboxylic acids is 1. The van der Waals surface area contributed by atoms with Gasteiger partial charge in [0, 0.05) is 18.5 Å². The number of hydrogen-bond acceptors (Lipinski definition) is 3. The molecule has 0 saturated heterocycles. The summed E-state index contributed by atoms with van der Waals surface area (Å²) in [5.74, 6) is 0.325. The second kappa shape index (κ2) is 5.90. The number of pyridine rings is 1. The van der Waals surface area contributed by atoms with Gasteiger partial charge in [-0.2, -0.15) is 0 Å². The van der Waals surface area contributed by atoms with Crippen molar-refractivity contribution in [1.29, 1.82) is 0 Å². The van der Waals surface area contributed by atoms with Crippen molar-refractivity contribution in [2.45, 2.75) is 32.7 Å². The first-order valence-electron chi connectivity index (χ1n) is 6.97. The van der Waals surface area contributed by atoms with E-state index in [9.17, 15) is 4.79 Å². The lowest BCUT2D eigenvalue weighted by Crippen LogP contribution is -2.35. The first kappa shape index (κ1) is 14.3. The highest BCUT2D eigenvalue weighted by atomic mass is 16.2. The average molecular weight is 271 g/mol. The van der Waals surface area contributed by atoms with Crippen LogP contribution in [-0.2, 0) is 0 Å². The highest BCUT2D eigenvalue weighted by molar-refractivity contribution is 5.99. The van der Waals surface area contributed by atoms with Crippen LogP contribution in [0, 0.1) is 0 Å². The van der Waals surface area contributed by atoms with E-state index in [1.54, 1.807) is 4.90 Å². The fourth-order valence-corrected chi connectivity index (χ4v) is 2.33. The topological polar surface area (TPSA) is 59.2 Å². The Hall–Kier alpha value is -2.10. The number of nitrogens with zero attached hydrogens (tertiary/aromatic N) is 2. The van der Waals surface area contributed by atoms with E-state index < -0.39 is 0 Å². The largest absolute Gasteiger partial charge is 0.383 e. The number of anilines is 1. The molecule has 0 fully saturated rings. The van der Waals surface area contributed by atoms with Crippen LogP contribution in [0.15, 0.2) is 30.3 Å². The Labute approximate surface area is 119 Å². The molecular weight excluding hydrogens is 250 g/mol. The van der Waals surface area contributed by atoms with Gasteiger partial charge in [-0.3, -0.25) is 4.79 Å². The van der Waals surface area contributed by atoms with Crippen LogP contribution < -0.4 is 5.73 Å². The van der Waals surface area contributed by atoms with Crippen LogP contribution in [0.25, 0.3) is 10.8 Å². The van der Waals surface area contributed by atoms with E-state index in [0.29, 0.717) is 11.5 Å². The predicted octanol–water partition coefficient (Wildman–Crippen LogP) is 3.08. The van der Waals surface area contributed by atoms with Gasteiger partial charge in [0.2, 0.25) is 0 Å². The molecule has 4 nitrogen and oxygen atoms in total. The Balaban J connectivity index is 2.35. The molecule has 2 aromatic rings. The number of hydrogen-bond donors (Lipinski definition) is 1. The molecule has 1 atom stereocenters. The molecule has 0 aliphatic carbocycles. The van der Waals surface area contributed by atoms with Gasteiger partial charge in [0.1, 0.15) is 11.5 Å². The maximum Gasteiger partial charge on any atom is 0.272 e. The van der Waals surface area contributed by atoms with E-state index >= 15 is 0 Å². The molecule has 0 saturated carbocycles. The lowest BCUT2D eigenvalue weighted by atomic mass is 10.1. The van der Waals surface area contributed by atoms with Crippen LogP contribution in [-0.4, -0.2) is 28.9 Å². The van der Waals surface area contributed by atoms with Crippen LogP contribution in [0.4, 0.5) is 5.82 Å². The molecule has 4 heteroatoms. The third kappa shape index (κ3) is 2.74. The van der Waals surface area contributed by atoms with Crippen LogP contribution >= 0.6 is 0 Å². The fourth-order valence-electron chi connectivity index (χ4n) is 2.33. The van der Waals surface area contributed by atoms with Crippen LogP contribution in [0.1, 0.15) is 37.2 Å². The SMILES string of the molecule is CCCC(C)N(C)C(=O)c1cc2ccccc2c(N)n1. The smallest absolute Gasteiger partial charge is 0.272 e. The van der Waals surface area contributed by atoms with Crippen LogP contribution in [0.5, 0.6) is 0 Å². The molecule has 0 spiro atoms. The van der Waals surface area contributed by atoms with Crippen LogP contribution in [0.2, 0.25) is 0 Å². The molecule has 0 aliphatic rings. The van der Waals surface area contributed by atoms with Crippen molar-refractivity contribution in [3.8, 4) is 0 Å². The maximum absolute atomic E-state index is 12.5. The van der Waals surface area contributed by atoms with E-state index in [1.807, 2.05) is 44.3 Å². The first-order chi connectivity index (χ1) is 9.54. The third-order valence-electron chi connectivity index (χ3n) is 3.68. The van der Waals surface area contributed by atoms with Crippen molar-refractivity contribution < 1.29 is 4.79 Å². The molecule has 106 valence electrons. The minimum atomic E-state index is -0.0802. The number of rotatable bonds is 4.